The molecule has 2 aromatic rings. The van der Waals surface area contributed by atoms with Gasteiger partial charge in [-0.1, -0.05) is 37.6 Å². The summed E-state index contributed by atoms with van der Waals surface area (Å²) < 4.78 is 66.9. The van der Waals surface area contributed by atoms with Crippen LogP contribution in [0.1, 0.15) is 42.9 Å². The van der Waals surface area contributed by atoms with E-state index in [4.69, 9.17) is 0 Å². The SMILES string of the molecule is CCCC/C(F)=C(\F)c1ccc(CCc2cc(F)c(F)c(F)c2)cc1. The Morgan fingerprint density at radius 3 is 1.96 bits per heavy atom. The number of benzene rings is 2. The topological polar surface area (TPSA) is 0 Å². The minimum Gasteiger partial charge on any atom is -0.209 e. The van der Waals surface area contributed by atoms with E-state index in [1.165, 1.54) is 12.1 Å². The summed E-state index contributed by atoms with van der Waals surface area (Å²) >= 11 is 0. The number of hydrogen-bond donors (Lipinski definition) is 0. The van der Waals surface area contributed by atoms with E-state index >= 15 is 0 Å². The first-order valence-electron chi connectivity index (χ1n) is 8.19. The molecule has 0 spiro atoms. The van der Waals surface area contributed by atoms with Crippen molar-refractivity contribution in [2.75, 3.05) is 0 Å². The first-order chi connectivity index (χ1) is 11.9. The van der Waals surface area contributed by atoms with Gasteiger partial charge < -0.3 is 0 Å². The van der Waals surface area contributed by atoms with E-state index in [-0.39, 0.29) is 12.0 Å². The van der Waals surface area contributed by atoms with Crippen LogP contribution in [-0.2, 0) is 12.8 Å². The van der Waals surface area contributed by atoms with Gasteiger partial charge in [0.2, 0.25) is 0 Å². The van der Waals surface area contributed by atoms with Crippen LogP contribution in [0.2, 0.25) is 0 Å². The molecule has 25 heavy (non-hydrogen) atoms. The molecular formula is C20H19F5. The molecule has 0 radical (unpaired) electrons. The minimum absolute atomic E-state index is 0.0752. The second-order valence-electron chi connectivity index (χ2n) is 5.89. The molecule has 0 fully saturated rings. The zero-order valence-electron chi connectivity index (χ0n) is 13.9. The van der Waals surface area contributed by atoms with Gasteiger partial charge in [0.05, 0.1) is 0 Å². The third kappa shape index (κ3) is 5.15. The van der Waals surface area contributed by atoms with Crippen molar-refractivity contribution >= 4 is 5.83 Å². The Kier molecular flexibility index (Phi) is 6.73. The molecule has 0 saturated carbocycles. The van der Waals surface area contributed by atoms with Gasteiger partial charge in [0.15, 0.2) is 23.3 Å². The van der Waals surface area contributed by atoms with Crippen molar-refractivity contribution in [3.8, 4) is 0 Å². The first-order valence-corrected chi connectivity index (χ1v) is 8.19. The Bertz CT molecular complexity index is 724. The summed E-state index contributed by atoms with van der Waals surface area (Å²) in [5.74, 6) is -5.55. The van der Waals surface area contributed by atoms with E-state index in [0.29, 0.717) is 24.8 Å². The number of halogens is 5. The number of allylic oxidation sites excluding steroid dienone is 1. The Labute approximate surface area is 144 Å². The van der Waals surface area contributed by atoms with E-state index in [1.54, 1.807) is 12.1 Å². The van der Waals surface area contributed by atoms with E-state index in [9.17, 15) is 22.0 Å². The highest BCUT2D eigenvalue weighted by Gasteiger charge is 2.11. The van der Waals surface area contributed by atoms with Gasteiger partial charge in [0.1, 0.15) is 5.83 Å². The number of unbranched alkanes of at least 4 members (excludes halogenated alkanes) is 1. The van der Waals surface area contributed by atoms with Crippen LogP contribution in [0.3, 0.4) is 0 Å². The van der Waals surface area contributed by atoms with Gasteiger partial charge in [0, 0.05) is 12.0 Å². The predicted octanol–water partition coefficient (Wildman–Crippen LogP) is 6.69. The van der Waals surface area contributed by atoms with Gasteiger partial charge in [-0.25, -0.2) is 22.0 Å². The lowest BCUT2D eigenvalue weighted by Gasteiger charge is -2.06. The maximum atomic E-state index is 13.9. The third-order valence-corrected chi connectivity index (χ3v) is 3.94. The number of rotatable bonds is 7. The number of hydrogen-bond acceptors (Lipinski definition) is 0. The summed E-state index contributed by atoms with van der Waals surface area (Å²) in [5.41, 5.74) is 1.30. The Morgan fingerprint density at radius 1 is 0.840 bits per heavy atom. The zero-order valence-corrected chi connectivity index (χ0v) is 13.9. The molecule has 0 aromatic heterocycles. The highest BCUT2D eigenvalue weighted by Crippen LogP contribution is 2.25. The third-order valence-electron chi connectivity index (χ3n) is 3.94. The standard InChI is InChI=1S/C20H19F5/c1-2-3-4-16(21)19(24)15-9-7-13(8-10-15)5-6-14-11-17(22)20(25)18(23)12-14/h7-12H,2-6H2,1H3/b19-16+. The fraction of sp³-hybridized carbons (Fsp3) is 0.300. The number of aryl methyl sites for hydroxylation is 2. The quantitative estimate of drug-likeness (QED) is 0.384. The van der Waals surface area contributed by atoms with Crippen molar-refractivity contribution in [1.82, 2.24) is 0 Å². The lowest BCUT2D eigenvalue weighted by molar-refractivity contribution is 0.445. The monoisotopic (exact) mass is 354 g/mol. The molecule has 0 amide bonds. The summed E-state index contributed by atoms with van der Waals surface area (Å²) in [6, 6.07) is 8.14. The van der Waals surface area contributed by atoms with Crippen LogP contribution in [0.25, 0.3) is 5.83 Å². The van der Waals surface area contributed by atoms with Crippen molar-refractivity contribution in [3.05, 3.63) is 76.4 Å². The molecule has 0 N–H and O–H groups in total. The molecule has 0 aliphatic heterocycles. The molecule has 0 bridgehead atoms. The van der Waals surface area contributed by atoms with Crippen molar-refractivity contribution in [2.24, 2.45) is 0 Å². The molecule has 0 atom stereocenters. The summed E-state index contributed by atoms with van der Waals surface area (Å²) in [6.07, 6.45) is 2.18. The van der Waals surface area contributed by atoms with Gasteiger partial charge in [-0.3, -0.25) is 0 Å². The van der Waals surface area contributed by atoms with Crippen LogP contribution in [0.15, 0.2) is 42.2 Å². The molecule has 0 nitrogen and oxygen atoms in total. The minimum atomic E-state index is -1.49. The normalized spacial score (nSPS) is 12.2. The molecule has 2 rings (SSSR count). The molecule has 2 aromatic carbocycles. The fourth-order valence-electron chi connectivity index (χ4n) is 2.46. The van der Waals surface area contributed by atoms with Crippen LogP contribution in [-0.4, -0.2) is 0 Å². The molecular weight excluding hydrogens is 335 g/mol. The van der Waals surface area contributed by atoms with Crippen LogP contribution in [0.4, 0.5) is 22.0 Å². The van der Waals surface area contributed by atoms with Crippen molar-refractivity contribution < 1.29 is 22.0 Å². The lowest BCUT2D eigenvalue weighted by atomic mass is 10.0. The van der Waals surface area contributed by atoms with E-state index in [0.717, 1.165) is 24.1 Å². The van der Waals surface area contributed by atoms with Gasteiger partial charge in [-0.05, 0) is 42.5 Å². The Hall–Kier alpha value is -2.17. The van der Waals surface area contributed by atoms with Gasteiger partial charge in [-0.15, -0.1) is 0 Å². The highest BCUT2D eigenvalue weighted by molar-refractivity contribution is 5.61. The molecule has 134 valence electrons. The fourth-order valence-corrected chi connectivity index (χ4v) is 2.46. The van der Waals surface area contributed by atoms with E-state index in [1.807, 2.05) is 6.92 Å². The molecule has 0 aliphatic rings. The molecule has 0 unspecified atom stereocenters. The zero-order chi connectivity index (χ0) is 18.4. The van der Waals surface area contributed by atoms with Crippen molar-refractivity contribution in [2.45, 2.75) is 39.0 Å². The van der Waals surface area contributed by atoms with Gasteiger partial charge in [0.25, 0.3) is 0 Å². The summed E-state index contributed by atoms with van der Waals surface area (Å²) in [4.78, 5) is 0. The lowest BCUT2D eigenvalue weighted by Crippen LogP contribution is -1.97. The van der Waals surface area contributed by atoms with Crippen LogP contribution < -0.4 is 0 Å². The van der Waals surface area contributed by atoms with Gasteiger partial charge >= 0.3 is 0 Å². The predicted molar refractivity (Wildman–Crippen MR) is 88.8 cm³/mol. The van der Waals surface area contributed by atoms with Crippen LogP contribution in [0, 0.1) is 17.5 Å². The van der Waals surface area contributed by atoms with Gasteiger partial charge in [-0.2, -0.15) is 0 Å². The second kappa shape index (κ2) is 8.79. The average molecular weight is 354 g/mol. The Morgan fingerprint density at radius 2 is 1.40 bits per heavy atom. The smallest absolute Gasteiger partial charge is 0.194 e. The largest absolute Gasteiger partial charge is 0.209 e. The molecule has 0 saturated heterocycles. The second-order valence-corrected chi connectivity index (χ2v) is 5.89. The summed E-state index contributed by atoms with van der Waals surface area (Å²) in [7, 11) is 0. The van der Waals surface area contributed by atoms with Crippen LogP contribution >= 0.6 is 0 Å². The molecule has 0 heterocycles. The first kappa shape index (κ1) is 19.2. The van der Waals surface area contributed by atoms with E-state index in [2.05, 4.69) is 0 Å². The van der Waals surface area contributed by atoms with Crippen molar-refractivity contribution in [1.29, 1.82) is 0 Å². The van der Waals surface area contributed by atoms with Crippen molar-refractivity contribution in [3.63, 3.8) is 0 Å². The Balaban J connectivity index is 2.03. The molecule has 0 aliphatic carbocycles. The maximum absolute atomic E-state index is 13.9. The van der Waals surface area contributed by atoms with E-state index < -0.39 is 29.1 Å². The maximum Gasteiger partial charge on any atom is 0.194 e. The summed E-state index contributed by atoms with van der Waals surface area (Å²) in [6.45, 7) is 1.90. The molecule has 5 heteroatoms. The average Bonchev–Trinajstić information content (AvgIpc) is 2.62. The summed E-state index contributed by atoms with van der Waals surface area (Å²) in [5, 5.41) is 0. The highest BCUT2D eigenvalue weighted by atomic mass is 19.2. The van der Waals surface area contributed by atoms with Crippen LogP contribution in [0.5, 0.6) is 0 Å².